The van der Waals surface area contributed by atoms with E-state index < -0.39 is 0 Å². The fourth-order valence-electron chi connectivity index (χ4n) is 3.19. The topological polar surface area (TPSA) is 74.1 Å². The van der Waals surface area contributed by atoms with Gasteiger partial charge < -0.3 is 14.8 Å². The quantitative estimate of drug-likeness (QED) is 0.691. The van der Waals surface area contributed by atoms with Crippen molar-refractivity contribution in [1.82, 2.24) is 19.7 Å². The molecular formula is C20H25N5O2. The second-order valence-electron chi connectivity index (χ2n) is 6.26. The van der Waals surface area contributed by atoms with Crippen molar-refractivity contribution in [3.8, 4) is 22.8 Å². The summed E-state index contributed by atoms with van der Waals surface area (Å²) in [5.41, 5.74) is 5.03. The molecular weight excluding hydrogens is 342 g/mol. The van der Waals surface area contributed by atoms with E-state index >= 15 is 0 Å². The number of para-hydroxylation sites is 1. The summed E-state index contributed by atoms with van der Waals surface area (Å²) in [5, 5.41) is 7.76. The highest BCUT2D eigenvalue weighted by atomic mass is 16.5. The average molecular weight is 367 g/mol. The van der Waals surface area contributed by atoms with Gasteiger partial charge in [0, 0.05) is 31.0 Å². The maximum absolute atomic E-state index is 5.48. The zero-order chi connectivity index (χ0) is 19.4. The zero-order valence-corrected chi connectivity index (χ0v) is 16.4. The Morgan fingerprint density at radius 1 is 1.11 bits per heavy atom. The van der Waals surface area contributed by atoms with E-state index in [2.05, 4.69) is 20.4 Å². The number of methoxy groups -OCH3 is 2. The molecule has 0 aliphatic heterocycles. The molecule has 7 heteroatoms. The first-order valence-electron chi connectivity index (χ1n) is 8.82. The first-order valence-corrected chi connectivity index (χ1v) is 8.82. The lowest BCUT2D eigenvalue weighted by Gasteiger charge is -2.13. The average Bonchev–Trinajstić information content (AvgIpc) is 2.93. The van der Waals surface area contributed by atoms with Crippen LogP contribution in [0.5, 0.6) is 11.5 Å². The van der Waals surface area contributed by atoms with Gasteiger partial charge in [0.25, 0.3) is 0 Å². The molecule has 0 aliphatic rings. The summed E-state index contributed by atoms with van der Waals surface area (Å²) in [6.07, 6.45) is 2.53. The minimum atomic E-state index is 0.594. The van der Waals surface area contributed by atoms with E-state index in [1.807, 2.05) is 49.8 Å². The first kappa shape index (κ1) is 18.7. The highest BCUT2D eigenvalue weighted by Crippen LogP contribution is 2.31. The molecule has 1 aromatic carbocycles. The van der Waals surface area contributed by atoms with Gasteiger partial charge in [0.05, 0.1) is 25.6 Å². The molecule has 0 bridgehead atoms. The van der Waals surface area contributed by atoms with Gasteiger partial charge in [0.1, 0.15) is 0 Å². The Kier molecular flexibility index (Phi) is 5.59. The maximum Gasteiger partial charge on any atom is 0.223 e. The van der Waals surface area contributed by atoms with E-state index in [1.54, 1.807) is 20.4 Å². The third-order valence-electron chi connectivity index (χ3n) is 4.58. The van der Waals surface area contributed by atoms with Crippen LogP contribution in [0.1, 0.15) is 17.0 Å². The summed E-state index contributed by atoms with van der Waals surface area (Å²) in [7, 11) is 5.23. The van der Waals surface area contributed by atoms with Crippen molar-refractivity contribution in [3.63, 3.8) is 0 Å². The number of nitrogens with one attached hydrogen (secondary N) is 1. The highest BCUT2D eigenvalue weighted by molar-refractivity contribution is 5.65. The lowest BCUT2D eigenvalue weighted by atomic mass is 10.1. The van der Waals surface area contributed by atoms with Crippen molar-refractivity contribution in [2.75, 3.05) is 26.1 Å². The van der Waals surface area contributed by atoms with Gasteiger partial charge in [-0.3, -0.25) is 4.68 Å². The summed E-state index contributed by atoms with van der Waals surface area (Å²) in [6, 6.07) is 7.79. The molecule has 1 N–H and O–H groups in total. The molecule has 142 valence electrons. The molecule has 0 amide bonds. The first-order chi connectivity index (χ1) is 13.0. The van der Waals surface area contributed by atoms with E-state index in [0.29, 0.717) is 12.5 Å². The summed E-state index contributed by atoms with van der Waals surface area (Å²) in [4.78, 5) is 8.99. The van der Waals surface area contributed by atoms with Crippen LogP contribution < -0.4 is 14.8 Å². The maximum atomic E-state index is 5.48. The molecule has 0 atom stereocenters. The van der Waals surface area contributed by atoms with Crippen LogP contribution in [0.3, 0.4) is 0 Å². The molecule has 0 saturated carbocycles. The molecule has 0 unspecified atom stereocenters. The van der Waals surface area contributed by atoms with Crippen molar-refractivity contribution >= 4 is 5.95 Å². The van der Waals surface area contributed by atoms with Crippen molar-refractivity contribution in [1.29, 1.82) is 0 Å². The van der Waals surface area contributed by atoms with Gasteiger partial charge in [0.15, 0.2) is 11.5 Å². The van der Waals surface area contributed by atoms with Gasteiger partial charge in [-0.05, 0) is 38.0 Å². The Hall–Kier alpha value is -3.09. The van der Waals surface area contributed by atoms with Crippen molar-refractivity contribution in [3.05, 3.63) is 47.4 Å². The lowest BCUT2D eigenvalue weighted by molar-refractivity contribution is 0.352. The Balaban J connectivity index is 1.73. The number of nitrogens with zero attached hydrogens (tertiary/aromatic N) is 4. The number of aromatic nitrogens is 4. The number of ether oxygens (including phenoxy) is 2. The smallest absolute Gasteiger partial charge is 0.223 e. The summed E-state index contributed by atoms with van der Waals surface area (Å²) < 4.78 is 12.7. The Morgan fingerprint density at radius 3 is 2.59 bits per heavy atom. The van der Waals surface area contributed by atoms with Crippen LogP contribution in [0.25, 0.3) is 11.3 Å². The van der Waals surface area contributed by atoms with Crippen LogP contribution in [0.4, 0.5) is 5.95 Å². The van der Waals surface area contributed by atoms with Crippen LogP contribution in [0, 0.1) is 13.8 Å². The predicted octanol–water partition coefficient (Wildman–Crippen LogP) is 3.17. The molecule has 0 fully saturated rings. The standard InChI is InChI=1S/C20H25N5O2/c1-13-18(14(2)25(3)24-13)16-10-12-22-20(23-16)21-11-9-15-7-6-8-17(26-4)19(15)27-5/h6-8,10,12H,9,11H2,1-5H3,(H,21,22,23). The molecule has 3 rings (SSSR count). The number of benzene rings is 1. The minimum absolute atomic E-state index is 0.594. The number of anilines is 1. The van der Waals surface area contributed by atoms with Crippen LogP contribution in [0.15, 0.2) is 30.5 Å². The molecule has 0 spiro atoms. The highest BCUT2D eigenvalue weighted by Gasteiger charge is 2.14. The van der Waals surface area contributed by atoms with Gasteiger partial charge in [-0.15, -0.1) is 0 Å². The van der Waals surface area contributed by atoms with Crippen LogP contribution in [-0.2, 0) is 13.5 Å². The molecule has 27 heavy (non-hydrogen) atoms. The van der Waals surface area contributed by atoms with Crippen molar-refractivity contribution in [2.45, 2.75) is 20.3 Å². The van der Waals surface area contributed by atoms with Crippen LogP contribution >= 0.6 is 0 Å². The van der Waals surface area contributed by atoms with E-state index in [0.717, 1.165) is 46.1 Å². The summed E-state index contributed by atoms with van der Waals surface area (Å²) >= 11 is 0. The molecule has 0 radical (unpaired) electrons. The molecule has 2 aromatic heterocycles. The second kappa shape index (κ2) is 8.07. The third kappa shape index (κ3) is 3.86. The molecule has 0 aliphatic carbocycles. The fraction of sp³-hybridized carbons (Fsp3) is 0.350. The molecule has 3 aromatic rings. The zero-order valence-electron chi connectivity index (χ0n) is 16.4. The van der Waals surface area contributed by atoms with Crippen molar-refractivity contribution < 1.29 is 9.47 Å². The largest absolute Gasteiger partial charge is 0.493 e. The van der Waals surface area contributed by atoms with E-state index in [9.17, 15) is 0 Å². The van der Waals surface area contributed by atoms with E-state index in [4.69, 9.17) is 9.47 Å². The predicted molar refractivity (Wildman–Crippen MR) is 105 cm³/mol. The molecule has 0 saturated heterocycles. The van der Waals surface area contributed by atoms with Gasteiger partial charge in [-0.2, -0.15) is 5.10 Å². The lowest BCUT2D eigenvalue weighted by Crippen LogP contribution is -2.09. The monoisotopic (exact) mass is 367 g/mol. The normalized spacial score (nSPS) is 10.7. The van der Waals surface area contributed by atoms with Gasteiger partial charge in [-0.1, -0.05) is 12.1 Å². The second-order valence-corrected chi connectivity index (χ2v) is 6.26. The minimum Gasteiger partial charge on any atom is -0.493 e. The molecule has 7 nitrogen and oxygen atoms in total. The van der Waals surface area contributed by atoms with Crippen LogP contribution in [0.2, 0.25) is 0 Å². The number of aryl methyl sites for hydroxylation is 2. The van der Waals surface area contributed by atoms with Crippen LogP contribution in [-0.4, -0.2) is 40.5 Å². The van der Waals surface area contributed by atoms with E-state index in [-0.39, 0.29) is 0 Å². The van der Waals surface area contributed by atoms with Gasteiger partial charge in [-0.25, -0.2) is 9.97 Å². The number of hydrogen-bond acceptors (Lipinski definition) is 6. The Morgan fingerprint density at radius 2 is 1.93 bits per heavy atom. The Bertz CT molecular complexity index is 936. The molecule has 2 heterocycles. The third-order valence-corrected chi connectivity index (χ3v) is 4.58. The number of hydrogen-bond donors (Lipinski definition) is 1. The Labute approximate surface area is 159 Å². The summed E-state index contributed by atoms with van der Waals surface area (Å²) in [6.45, 7) is 4.71. The fourth-order valence-corrected chi connectivity index (χ4v) is 3.19. The van der Waals surface area contributed by atoms with E-state index in [1.165, 1.54) is 0 Å². The summed E-state index contributed by atoms with van der Waals surface area (Å²) in [5.74, 6) is 2.09. The number of rotatable bonds is 7. The SMILES string of the molecule is COc1cccc(CCNc2nccc(-c3c(C)nn(C)c3C)n2)c1OC. The van der Waals surface area contributed by atoms with Gasteiger partial charge >= 0.3 is 0 Å². The van der Waals surface area contributed by atoms with Crippen molar-refractivity contribution in [2.24, 2.45) is 7.05 Å². The van der Waals surface area contributed by atoms with Gasteiger partial charge in [0.2, 0.25) is 5.95 Å².